The Morgan fingerprint density at radius 2 is 1.93 bits per heavy atom. The van der Waals surface area contributed by atoms with Crippen LogP contribution in [0.5, 0.6) is 0 Å². The summed E-state index contributed by atoms with van der Waals surface area (Å²) in [5.74, 6) is 0.148. The molecule has 30 heavy (non-hydrogen) atoms. The van der Waals surface area contributed by atoms with Crippen molar-refractivity contribution in [2.75, 3.05) is 34.4 Å². The number of aromatic nitrogens is 1. The van der Waals surface area contributed by atoms with E-state index in [4.69, 9.17) is 0 Å². The number of amides is 2. The monoisotopic (exact) mass is 418 g/mol. The van der Waals surface area contributed by atoms with E-state index < -0.39 is 0 Å². The zero-order valence-electron chi connectivity index (χ0n) is 16.5. The molecule has 0 saturated carbocycles. The molecular formula is C23H22N4O2S. The molecule has 2 aromatic carbocycles. The van der Waals surface area contributed by atoms with Crippen LogP contribution in [-0.4, -0.2) is 35.6 Å². The number of fused-ring (bicyclic) bond motifs is 2. The molecule has 1 aromatic heterocycles. The molecule has 3 aromatic rings. The Labute approximate surface area is 179 Å². The number of anilines is 3. The fourth-order valence-electron chi connectivity index (χ4n) is 4.11. The highest BCUT2D eigenvalue weighted by Gasteiger charge is 2.19. The molecule has 2 amide bonds. The fourth-order valence-corrected chi connectivity index (χ4v) is 4.90. The number of rotatable bonds is 3. The molecule has 3 heterocycles. The third-order valence-corrected chi connectivity index (χ3v) is 6.69. The van der Waals surface area contributed by atoms with Crippen molar-refractivity contribution < 1.29 is 9.59 Å². The number of benzene rings is 2. The third-order valence-electron chi connectivity index (χ3n) is 5.61. The molecule has 7 heteroatoms. The lowest BCUT2D eigenvalue weighted by molar-refractivity contribution is -0.113. The summed E-state index contributed by atoms with van der Waals surface area (Å²) >= 11 is 1.48. The second-order valence-corrected chi connectivity index (χ2v) is 8.62. The third kappa shape index (κ3) is 3.61. The first-order valence-corrected chi connectivity index (χ1v) is 11.2. The van der Waals surface area contributed by atoms with E-state index in [1.165, 1.54) is 36.7 Å². The van der Waals surface area contributed by atoms with Crippen LogP contribution in [0.4, 0.5) is 17.1 Å². The molecule has 0 atom stereocenters. The van der Waals surface area contributed by atoms with E-state index in [9.17, 15) is 9.59 Å². The van der Waals surface area contributed by atoms with Gasteiger partial charge in [0.25, 0.3) is 5.91 Å². The molecule has 2 N–H and O–H groups in total. The molecule has 0 spiro atoms. The lowest BCUT2D eigenvalue weighted by Gasteiger charge is -2.30. The molecule has 0 aliphatic carbocycles. The van der Waals surface area contributed by atoms with Crippen LogP contribution in [0.1, 0.15) is 29.6 Å². The van der Waals surface area contributed by atoms with Crippen LogP contribution in [0.25, 0.3) is 10.8 Å². The highest BCUT2D eigenvalue weighted by Crippen LogP contribution is 2.35. The van der Waals surface area contributed by atoms with Crippen molar-refractivity contribution in [3.05, 3.63) is 54.4 Å². The second-order valence-electron chi connectivity index (χ2n) is 7.60. The standard InChI is InChI=1S/C23H22N4O2S/c28-22-14-30-21-7-4-15(12-19(21)25-22)23(29)26-18-5-6-20(27-10-2-1-3-11-27)16-8-9-24-13-17(16)18/h4-9,12-13H,1-3,10-11,14H2,(H,25,28)(H,26,29). The number of thioether (sulfide) groups is 1. The summed E-state index contributed by atoms with van der Waals surface area (Å²) in [5.41, 5.74) is 3.13. The largest absolute Gasteiger partial charge is 0.371 e. The number of nitrogens with zero attached hydrogens (tertiary/aromatic N) is 2. The molecule has 2 aliphatic heterocycles. The van der Waals surface area contributed by atoms with Gasteiger partial charge >= 0.3 is 0 Å². The fraction of sp³-hybridized carbons (Fsp3) is 0.261. The SMILES string of the molecule is O=C1CSc2ccc(C(=O)Nc3ccc(N4CCCCC4)c4ccncc34)cc2N1. The van der Waals surface area contributed by atoms with Crippen LogP contribution in [0.15, 0.2) is 53.7 Å². The summed E-state index contributed by atoms with van der Waals surface area (Å²) in [5, 5.41) is 7.89. The molecule has 0 unspecified atom stereocenters. The summed E-state index contributed by atoms with van der Waals surface area (Å²) in [6.07, 6.45) is 7.30. The zero-order chi connectivity index (χ0) is 20.5. The molecule has 152 valence electrons. The van der Waals surface area contributed by atoms with Crippen LogP contribution in [-0.2, 0) is 4.79 Å². The topological polar surface area (TPSA) is 74.3 Å². The van der Waals surface area contributed by atoms with Gasteiger partial charge in [-0.15, -0.1) is 11.8 Å². The van der Waals surface area contributed by atoms with Gasteiger partial charge in [-0.3, -0.25) is 14.6 Å². The summed E-state index contributed by atoms with van der Waals surface area (Å²) in [7, 11) is 0. The van der Waals surface area contributed by atoms with E-state index >= 15 is 0 Å². The van der Waals surface area contributed by atoms with Crippen molar-refractivity contribution in [2.24, 2.45) is 0 Å². The van der Waals surface area contributed by atoms with Crippen molar-refractivity contribution in [1.82, 2.24) is 4.98 Å². The number of nitrogens with one attached hydrogen (secondary N) is 2. The normalized spacial score (nSPS) is 16.1. The average Bonchev–Trinajstić information content (AvgIpc) is 2.79. The van der Waals surface area contributed by atoms with Gasteiger partial charge in [-0.2, -0.15) is 0 Å². The smallest absolute Gasteiger partial charge is 0.255 e. The quantitative estimate of drug-likeness (QED) is 0.654. The number of pyridine rings is 1. The van der Waals surface area contributed by atoms with Crippen molar-refractivity contribution in [3.63, 3.8) is 0 Å². The predicted molar refractivity (Wildman–Crippen MR) is 122 cm³/mol. The van der Waals surface area contributed by atoms with Crippen LogP contribution in [0.2, 0.25) is 0 Å². The first kappa shape index (κ1) is 18.9. The molecule has 1 saturated heterocycles. The molecular weight excluding hydrogens is 396 g/mol. The Morgan fingerprint density at radius 3 is 2.80 bits per heavy atom. The molecule has 6 nitrogen and oxygen atoms in total. The molecule has 5 rings (SSSR count). The van der Waals surface area contributed by atoms with Gasteiger partial charge in [-0.05, 0) is 55.7 Å². The Balaban J connectivity index is 1.45. The van der Waals surface area contributed by atoms with Gasteiger partial charge in [-0.25, -0.2) is 0 Å². The van der Waals surface area contributed by atoms with E-state index in [0.717, 1.165) is 34.4 Å². The molecule has 0 bridgehead atoms. The number of hydrogen-bond acceptors (Lipinski definition) is 5. The van der Waals surface area contributed by atoms with Gasteiger partial charge in [0.15, 0.2) is 0 Å². The van der Waals surface area contributed by atoms with Crippen molar-refractivity contribution in [2.45, 2.75) is 24.2 Å². The molecule has 1 fully saturated rings. The Bertz CT molecular complexity index is 1140. The van der Waals surface area contributed by atoms with Crippen LogP contribution in [0.3, 0.4) is 0 Å². The summed E-state index contributed by atoms with van der Waals surface area (Å²) in [6.45, 7) is 2.12. The number of hydrogen-bond donors (Lipinski definition) is 2. The summed E-state index contributed by atoms with van der Waals surface area (Å²) < 4.78 is 0. The first-order chi connectivity index (χ1) is 14.7. The van der Waals surface area contributed by atoms with Gasteiger partial charge in [-0.1, -0.05) is 0 Å². The Kier molecular flexibility index (Phi) is 5.04. The van der Waals surface area contributed by atoms with Crippen LogP contribution < -0.4 is 15.5 Å². The highest BCUT2D eigenvalue weighted by molar-refractivity contribution is 8.00. The van der Waals surface area contributed by atoms with E-state index in [1.807, 2.05) is 24.4 Å². The Hall–Kier alpha value is -3.06. The lowest BCUT2D eigenvalue weighted by Crippen LogP contribution is -2.29. The van der Waals surface area contributed by atoms with Gasteiger partial charge < -0.3 is 15.5 Å². The molecule has 2 aliphatic rings. The number of carbonyl (C=O) groups is 2. The number of piperidine rings is 1. The highest BCUT2D eigenvalue weighted by atomic mass is 32.2. The molecule has 0 radical (unpaired) electrons. The van der Waals surface area contributed by atoms with E-state index in [1.54, 1.807) is 18.3 Å². The summed E-state index contributed by atoms with van der Waals surface area (Å²) in [4.78, 5) is 32.3. The van der Waals surface area contributed by atoms with Gasteiger partial charge in [0.1, 0.15) is 0 Å². The van der Waals surface area contributed by atoms with E-state index in [0.29, 0.717) is 17.0 Å². The maximum Gasteiger partial charge on any atom is 0.255 e. The van der Waals surface area contributed by atoms with Gasteiger partial charge in [0.2, 0.25) is 5.91 Å². The van der Waals surface area contributed by atoms with Gasteiger partial charge in [0, 0.05) is 52.4 Å². The van der Waals surface area contributed by atoms with Crippen molar-refractivity contribution >= 4 is 51.4 Å². The first-order valence-electron chi connectivity index (χ1n) is 10.2. The lowest BCUT2D eigenvalue weighted by atomic mass is 10.0. The summed E-state index contributed by atoms with van der Waals surface area (Å²) in [6, 6.07) is 11.5. The van der Waals surface area contributed by atoms with Crippen molar-refractivity contribution in [3.8, 4) is 0 Å². The zero-order valence-corrected chi connectivity index (χ0v) is 17.3. The van der Waals surface area contributed by atoms with Crippen molar-refractivity contribution in [1.29, 1.82) is 0 Å². The van der Waals surface area contributed by atoms with E-state index in [2.05, 4.69) is 26.6 Å². The van der Waals surface area contributed by atoms with Crippen LogP contribution >= 0.6 is 11.8 Å². The van der Waals surface area contributed by atoms with Crippen LogP contribution in [0, 0.1) is 0 Å². The minimum absolute atomic E-state index is 0.0459. The Morgan fingerprint density at radius 1 is 1.07 bits per heavy atom. The second kappa shape index (κ2) is 7.99. The average molecular weight is 419 g/mol. The van der Waals surface area contributed by atoms with E-state index in [-0.39, 0.29) is 11.8 Å². The minimum Gasteiger partial charge on any atom is -0.371 e. The number of carbonyl (C=O) groups excluding carboxylic acids is 2. The predicted octanol–water partition coefficient (Wildman–Crippen LogP) is 4.52. The maximum absolute atomic E-state index is 13.0. The minimum atomic E-state index is -0.210. The maximum atomic E-state index is 13.0. The van der Waals surface area contributed by atoms with Gasteiger partial charge in [0.05, 0.1) is 17.1 Å².